The Morgan fingerprint density at radius 2 is 2.31 bits per heavy atom. The van der Waals surface area contributed by atoms with Crippen LogP contribution < -0.4 is 5.73 Å². The fourth-order valence-corrected chi connectivity index (χ4v) is 1.73. The van der Waals surface area contributed by atoms with E-state index in [-0.39, 0.29) is 6.04 Å². The fourth-order valence-electron chi connectivity index (χ4n) is 1.73. The highest BCUT2D eigenvalue weighted by Crippen LogP contribution is 2.09. The Balaban J connectivity index is 2.02. The maximum Gasteiger partial charge on any atom is 0.0948 e. The molecule has 1 atom stereocenters. The van der Waals surface area contributed by atoms with Gasteiger partial charge in [0.05, 0.1) is 17.7 Å². The van der Waals surface area contributed by atoms with E-state index < -0.39 is 0 Å². The van der Waals surface area contributed by atoms with Gasteiger partial charge in [-0.1, -0.05) is 0 Å². The summed E-state index contributed by atoms with van der Waals surface area (Å²) in [5.41, 5.74) is 8.01. The molecule has 2 N–H and O–H groups in total. The first kappa shape index (κ1) is 10.9. The summed E-state index contributed by atoms with van der Waals surface area (Å²) in [6.45, 7) is 2.84. The van der Waals surface area contributed by atoms with Crippen LogP contribution in [0.5, 0.6) is 0 Å². The van der Waals surface area contributed by atoms with Gasteiger partial charge in [-0.3, -0.25) is 4.68 Å². The van der Waals surface area contributed by atoms with E-state index in [1.807, 2.05) is 43.4 Å². The van der Waals surface area contributed by atoms with Gasteiger partial charge < -0.3 is 10.3 Å². The summed E-state index contributed by atoms with van der Waals surface area (Å²) in [6, 6.07) is 2.05. The molecular weight excluding hydrogens is 202 g/mol. The van der Waals surface area contributed by atoms with Gasteiger partial charge in [-0.25, -0.2) is 4.98 Å². The van der Waals surface area contributed by atoms with Gasteiger partial charge in [0.2, 0.25) is 0 Å². The van der Waals surface area contributed by atoms with Gasteiger partial charge in [-0.2, -0.15) is 5.10 Å². The van der Waals surface area contributed by atoms with Crippen molar-refractivity contribution in [2.45, 2.75) is 25.9 Å². The largest absolute Gasteiger partial charge is 0.333 e. The standard InChI is InChI=1S/C11H17N5/c1-9(12)11-7-13-8-16(11)6-4-10-3-5-15(2)14-10/h3,5,7-9H,4,6,12H2,1-2H3/t9-/m0/s1. The molecule has 2 rings (SSSR count). The molecule has 0 saturated heterocycles. The van der Waals surface area contributed by atoms with E-state index in [2.05, 4.69) is 14.6 Å². The topological polar surface area (TPSA) is 61.7 Å². The number of nitrogens with two attached hydrogens (primary N) is 1. The van der Waals surface area contributed by atoms with Crippen LogP contribution in [0.2, 0.25) is 0 Å². The SMILES string of the molecule is C[C@H](N)c1cncn1CCc1ccn(C)n1. The predicted octanol–water partition coefficient (Wildman–Crippen LogP) is 0.879. The predicted molar refractivity (Wildman–Crippen MR) is 61.7 cm³/mol. The van der Waals surface area contributed by atoms with Gasteiger partial charge in [0, 0.05) is 38.4 Å². The second-order valence-corrected chi connectivity index (χ2v) is 4.03. The van der Waals surface area contributed by atoms with Gasteiger partial charge in [-0.05, 0) is 13.0 Å². The van der Waals surface area contributed by atoms with Crippen molar-refractivity contribution in [2.75, 3.05) is 0 Å². The molecule has 0 aromatic carbocycles. The average Bonchev–Trinajstić information content (AvgIpc) is 2.83. The van der Waals surface area contributed by atoms with Gasteiger partial charge >= 0.3 is 0 Å². The molecule has 0 bridgehead atoms. The van der Waals surface area contributed by atoms with Gasteiger partial charge in [0.25, 0.3) is 0 Å². The third-order valence-corrected chi connectivity index (χ3v) is 2.59. The maximum absolute atomic E-state index is 5.85. The van der Waals surface area contributed by atoms with Crippen molar-refractivity contribution in [2.24, 2.45) is 12.8 Å². The first-order valence-electron chi connectivity index (χ1n) is 5.41. The zero-order valence-electron chi connectivity index (χ0n) is 9.67. The Labute approximate surface area is 94.9 Å². The minimum Gasteiger partial charge on any atom is -0.333 e. The van der Waals surface area contributed by atoms with Gasteiger partial charge in [0.15, 0.2) is 0 Å². The lowest BCUT2D eigenvalue weighted by molar-refractivity contribution is 0.612. The minimum atomic E-state index is 0.0197. The minimum absolute atomic E-state index is 0.0197. The number of aromatic nitrogens is 4. The third kappa shape index (κ3) is 2.30. The quantitative estimate of drug-likeness (QED) is 0.830. The molecular formula is C11H17N5. The summed E-state index contributed by atoms with van der Waals surface area (Å²) in [6.07, 6.45) is 6.50. The smallest absolute Gasteiger partial charge is 0.0948 e. The van der Waals surface area contributed by atoms with E-state index in [0.717, 1.165) is 24.4 Å². The van der Waals surface area contributed by atoms with Crippen LogP contribution in [0, 0.1) is 0 Å². The normalized spacial score (nSPS) is 12.9. The summed E-state index contributed by atoms with van der Waals surface area (Å²) >= 11 is 0. The van der Waals surface area contributed by atoms with E-state index in [4.69, 9.17) is 5.73 Å². The second kappa shape index (κ2) is 4.49. The first-order chi connectivity index (χ1) is 7.66. The molecule has 2 aromatic heterocycles. The highest BCUT2D eigenvalue weighted by Gasteiger charge is 2.06. The lowest BCUT2D eigenvalue weighted by atomic mass is 10.2. The van der Waals surface area contributed by atoms with Crippen molar-refractivity contribution in [3.63, 3.8) is 0 Å². The Bertz CT molecular complexity index is 454. The molecule has 5 heteroatoms. The zero-order chi connectivity index (χ0) is 11.5. The molecule has 86 valence electrons. The molecule has 2 aromatic rings. The highest BCUT2D eigenvalue weighted by molar-refractivity contribution is 5.05. The monoisotopic (exact) mass is 219 g/mol. The Hall–Kier alpha value is -1.62. The lowest BCUT2D eigenvalue weighted by Gasteiger charge is -2.09. The number of imidazole rings is 1. The highest BCUT2D eigenvalue weighted by atomic mass is 15.2. The average molecular weight is 219 g/mol. The summed E-state index contributed by atoms with van der Waals surface area (Å²) < 4.78 is 3.90. The van der Waals surface area contributed by atoms with Crippen molar-refractivity contribution >= 4 is 0 Å². The maximum atomic E-state index is 5.85. The molecule has 5 nitrogen and oxygen atoms in total. The Morgan fingerprint density at radius 3 is 2.94 bits per heavy atom. The van der Waals surface area contributed by atoms with Crippen molar-refractivity contribution < 1.29 is 0 Å². The van der Waals surface area contributed by atoms with Crippen LogP contribution in [0.1, 0.15) is 24.4 Å². The molecule has 0 amide bonds. The third-order valence-electron chi connectivity index (χ3n) is 2.59. The van der Waals surface area contributed by atoms with Crippen molar-refractivity contribution in [1.29, 1.82) is 0 Å². The van der Waals surface area contributed by atoms with Gasteiger partial charge in [0.1, 0.15) is 0 Å². The molecule has 0 saturated carbocycles. The van der Waals surface area contributed by atoms with E-state index in [0.29, 0.717) is 0 Å². The molecule has 2 heterocycles. The number of aryl methyl sites for hydroxylation is 3. The summed E-state index contributed by atoms with van der Waals surface area (Å²) in [5, 5.41) is 4.34. The van der Waals surface area contributed by atoms with E-state index >= 15 is 0 Å². The van der Waals surface area contributed by atoms with Crippen LogP contribution in [0.15, 0.2) is 24.8 Å². The van der Waals surface area contributed by atoms with Crippen molar-refractivity contribution in [1.82, 2.24) is 19.3 Å². The number of nitrogens with zero attached hydrogens (tertiary/aromatic N) is 4. The second-order valence-electron chi connectivity index (χ2n) is 4.03. The number of rotatable bonds is 4. The Kier molecular flexibility index (Phi) is 3.05. The summed E-state index contributed by atoms with van der Waals surface area (Å²) in [7, 11) is 1.92. The lowest BCUT2D eigenvalue weighted by Crippen LogP contribution is -2.13. The first-order valence-corrected chi connectivity index (χ1v) is 5.41. The van der Waals surface area contributed by atoms with Gasteiger partial charge in [-0.15, -0.1) is 0 Å². The fraction of sp³-hybridized carbons (Fsp3) is 0.455. The van der Waals surface area contributed by atoms with E-state index in [1.165, 1.54) is 0 Å². The van der Waals surface area contributed by atoms with Crippen LogP contribution in [0.4, 0.5) is 0 Å². The molecule has 0 spiro atoms. The molecule has 16 heavy (non-hydrogen) atoms. The number of hydrogen-bond acceptors (Lipinski definition) is 3. The molecule has 0 aliphatic carbocycles. The van der Waals surface area contributed by atoms with Crippen LogP contribution in [0.3, 0.4) is 0 Å². The molecule has 0 aliphatic heterocycles. The van der Waals surface area contributed by atoms with Crippen LogP contribution in [0.25, 0.3) is 0 Å². The summed E-state index contributed by atoms with van der Waals surface area (Å²) in [4.78, 5) is 4.12. The van der Waals surface area contributed by atoms with E-state index in [9.17, 15) is 0 Å². The van der Waals surface area contributed by atoms with Crippen LogP contribution in [-0.2, 0) is 20.0 Å². The molecule has 0 unspecified atom stereocenters. The zero-order valence-corrected chi connectivity index (χ0v) is 9.67. The molecule has 0 fully saturated rings. The van der Waals surface area contributed by atoms with Crippen LogP contribution >= 0.6 is 0 Å². The van der Waals surface area contributed by atoms with Crippen molar-refractivity contribution in [3.05, 3.63) is 36.2 Å². The van der Waals surface area contributed by atoms with E-state index in [1.54, 1.807) is 0 Å². The Morgan fingerprint density at radius 1 is 1.50 bits per heavy atom. The molecule has 0 aliphatic rings. The summed E-state index contributed by atoms with van der Waals surface area (Å²) in [5.74, 6) is 0. The van der Waals surface area contributed by atoms with Crippen molar-refractivity contribution in [3.8, 4) is 0 Å². The number of hydrogen-bond donors (Lipinski definition) is 1. The van der Waals surface area contributed by atoms with Crippen LogP contribution in [-0.4, -0.2) is 19.3 Å². The molecule has 0 radical (unpaired) electrons.